The Morgan fingerprint density at radius 3 is 2.50 bits per heavy atom. The standard InChI is InChI=1S/C10H16N2O3S/c1-10(2,3)16(13,14)12-8-6-5-7-11-9(8)15-4/h5-7,12H,1-4H3. The Labute approximate surface area is 95.9 Å². The van der Waals surface area contributed by atoms with E-state index in [1.165, 1.54) is 13.3 Å². The summed E-state index contributed by atoms with van der Waals surface area (Å²) in [7, 11) is -2.01. The van der Waals surface area contributed by atoms with Gasteiger partial charge in [0.15, 0.2) is 0 Å². The fraction of sp³-hybridized carbons (Fsp3) is 0.500. The van der Waals surface area contributed by atoms with Gasteiger partial charge in [-0.2, -0.15) is 0 Å². The summed E-state index contributed by atoms with van der Waals surface area (Å²) in [5, 5.41) is 0. The summed E-state index contributed by atoms with van der Waals surface area (Å²) in [6.07, 6.45) is 1.54. The number of sulfonamides is 1. The molecule has 5 nitrogen and oxygen atoms in total. The van der Waals surface area contributed by atoms with Crippen molar-refractivity contribution < 1.29 is 13.2 Å². The fourth-order valence-corrected chi connectivity index (χ4v) is 1.68. The van der Waals surface area contributed by atoms with Gasteiger partial charge in [0.25, 0.3) is 0 Å². The molecule has 90 valence electrons. The average molecular weight is 244 g/mol. The molecule has 0 aromatic carbocycles. The van der Waals surface area contributed by atoms with Crippen LogP contribution < -0.4 is 9.46 Å². The second-order valence-electron chi connectivity index (χ2n) is 4.28. The van der Waals surface area contributed by atoms with E-state index in [0.29, 0.717) is 5.69 Å². The van der Waals surface area contributed by atoms with E-state index in [2.05, 4.69) is 9.71 Å². The van der Waals surface area contributed by atoms with Crippen LogP contribution in [0.3, 0.4) is 0 Å². The number of hydrogen-bond donors (Lipinski definition) is 1. The molecule has 6 heteroatoms. The van der Waals surface area contributed by atoms with E-state index in [1.54, 1.807) is 32.9 Å². The number of pyridine rings is 1. The number of anilines is 1. The van der Waals surface area contributed by atoms with Gasteiger partial charge in [0.2, 0.25) is 15.9 Å². The van der Waals surface area contributed by atoms with Crippen LogP contribution in [0.4, 0.5) is 5.69 Å². The van der Waals surface area contributed by atoms with Gasteiger partial charge in [0, 0.05) is 6.20 Å². The molecule has 0 aliphatic carbocycles. The normalized spacial score (nSPS) is 12.2. The van der Waals surface area contributed by atoms with Gasteiger partial charge in [0.05, 0.1) is 11.9 Å². The van der Waals surface area contributed by atoms with Crippen LogP contribution in [-0.2, 0) is 10.0 Å². The van der Waals surface area contributed by atoms with Gasteiger partial charge in [-0.05, 0) is 32.9 Å². The van der Waals surface area contributed by atoms with E-state index in [-0.39, 0.29) is 5.88 Å². The lowest BCUT2D eigenvalue weighted by molar-refractivity contribution is 0.400. The van der Waals surface area contributed by atoms with Crippen molar-refractivity contribution in [2.75, 3.05) is 11.8 Å². The molecule has 1 rings (SSSR count). The van der Waals surface area contributed by atoms with Crippen molar-refractivity contribution in [3.05, 3.63) is 18.3 Å². The monoisotopic (exact) mass is 244 g/mol. The summed E-state index contributed by atoms with van der Waals surface area (Å²) >= 11 is 0. The van der Waals surface area contributed by atoms with Gasteiger partial charge in [-0.25, -0.2) is 13.4 Å². The third kappa shape index (κ3) is 2.63. The largest absolute Gasteiger partial charge is 0.480 e. The Morgan fingerprint density at radius 1 is 1.38 bits per heavy atom. The molecule has 0 fully saturated rings. The molecule has 1 aromatic heterocycles. The molecule has 1 aromatic rings. The van der Waals surface area contributed by atoms with Crippen molar-refractivity contribution in [3.63, 3.8) is 0 Å². The molecule has 1 heterocycles. The van der Waals surface area contributed by atoms with Crippen LogP contribution in [0, 0.1) is 0 Å². The van der Waals surface area contributed by atoms with Crippen molar-refractivity contribution in [1.82, 2.24) is 4.98 Å². The molecule has 0 radical (unpaired) electrons. The molecular formula is C10H16N2O3S. The van der Waals surface area contributed by atoms with Gasteiger partial charge in [0.1, 0.15) is 5.69 Å². The lowest BCUT2D eigenvalue weighted by atomic mass is 10.3. The van der Waals surface area contributed by atoms with Crippen molar-refractivity contribution >= 4 is 15.7 Å². The van der Waals surface area contributed by atoms with E-state index >= 15 is 0 Å². The van der Waals surface area contributed by atoms with Gasteiger partial charge in [-0.1, -0.05) is 0 Å². The first-order chi connectivity index (χ1) is 7.28. The lowest BCUT2D eigenvalue weighted by Gasteiger charge is -2.20. The van der Waals surface area contributed by atoms with E-state index < -0.39 is 14.8 Å². The maximum Gasteiger partial charge on any atom is 0.238 e. The number of hydrogen-bond acceptors (Lipinski definition) is 4. The SMILES string of the molecule is COc1ncccc1NS(=O)(=O)C(C)(C)C. The minimum Gasteiger partial charge on any atom is -0.480 e. The van der Waals surface area contributed by atoms with Gasteiger partial charge in [-0.15, -0.1) is 0 Å². The van der Waals surface area contributed by atoms with Gasteiger partial charge >= 0.3 is 0 Å². The fourth-order valence-electron chi connectivity index (χ4n) is 0.929. The predicted octanol–water partition coefficient (Wildman–Crippen LogP) is 1.63. The molecule has 0 atom stereocenters. The Balaban J connectivity index is 3.06. The van der Waals surface area contributed by atoms with Crippen LogP contribution in [0.25, 0.3) is 0 Å². The third-order valence-electron chi connectivity index (χ3n) is 2.02. The zero-order valence-corrected chi connectivity index (χ0v) is 10.6. The molecule has 0 spiro atoms. The third-order valence-corrected chi connectivity index (χ3v) is 4.12. The Kier molecular flexibility index (Phi) is 3.42. The maximum absolute atomic E-state index is 11.9. The number of aromatic nitrogens is 1. The molecule has 0 amide bonds. The van der Waals surface area contributed by atoms with Gasteiger partial charge < -0.3 is 4.74 Å². The molecule has 1 N–H and O–H groups in total. The van der Waals surface area contributed by atoms with E-state index in [0.717, 1.165) is 0 Å². The Bertz CT molecular complexity index is 463. The first-order valence-corrected chi connectivity index (χ1v) is 6.27. The number of methoxy groups -OCH3 is 1. The number of nitrogens with one attached hydrogen (secondary N) is 1. The summed E-state index contributed by atoms with van der Waals surface area (Å²) in [6.45, 7) is 4.87. The second kappa shape index (κ2) is 4.29. The van der Waals surface area contributed by atoms with Crippen molar-refractivity contribution in [2.24, 2.45) is 0 Å². The topological polar surface area (TPSA) is 68.3 Å². The highest BCUT2D eigenvalue weighted by molar-refractivity contribution is 7.94. The first kappa shape index (κ1) is 12.8. The summed E-state index contributed by atoms with van der Waals surface area (Å²) in [5.41, 5.74) is 0.347. The van der Waals surface area contributed by atoms with Crippen molar-refractivity contribution in [3.8, 4) is 5.88 Å². The molecular weight excluding hydrogens is 228 g/mol. The van der Waals surface area contributed by atoms with Crippen LogP contribution in [0.2, 0.25) is 0 Å². The molecule has 0 aliphatic heterocycles. The predicted molar refractivity (Wildman–Crippen MR) is 63.1 cm³/mol. The highest BCUT2D eigenvalue weighted by Crippen LogP contribution is 2.25. The summed E-state index contributed by atoms with van der Waals surface area (Å²) in [5.74, 6) is 0.260. The molecule has 0 saturated carbocycles. The van der Waals surface area contributed by atoms with Crippen LogP contribution in [0.15, 0.2) is 18.3 Å². The molecule has 16 heavy (non-hydrogen) atoms. The number of ether oxygens (including phenoxy) is 1. The minimum atomic E-state index is -3.45. The van der Waals surface area contributed by atoms with Crippen LogP contribution >= 0.6 is 0 Å². The van der Waals surface area contributed by atoms with E-state index in [1.807, 2.05) is 0 Å². The lowest BCUT2D eigenvalue weighted by Crippen LogP contribution is -2.33. The summed E-state index contributed by atoms with van der Waals surface area (Å²) < 4.78 is 30.3. The smallest absolute Gasteiger partial charge is 0.238 e. The van der Waals surface area contributed by atoms with E-state index in [4.69, 9.17) is 4.74 Å². The highest BCUT2D eigenvalue weighted by Gasteiger charge is 2.29. The molecule has 0 saturated heterocycles. The van der Waals surface area contributed by atoms with Crippen molar-refractivity contribution in [2.45, 2.75) is 25.5 Å². The zero-order chi connectivity index (χ0) is 12.4. The first-order valence-electron chi connectivity index (χ1n) is 4.79. The quantitative estimate of drug-likeness (QED) is 0.877. The van der Waals surface area contributed by atoms with Crippen LogP contribution in [-0.4, -0.2) is 25.3 Å². The maximum atomic E-state index is 11.9. The number of nitrogens with zero attached hydrogens (tertiary/aromatic N) is 1. The van der Waals surface area contributed by atoms with Crippen LogP contribution in [0.1, 0.15) is 20.8 Å². The van der Waals surface area contributed by atoms with E-state index in [9.17, 15) is 8.42 Å². The minimum absolute atomic E-state index is 0.260. The highest BCUT2D eigenvalue weighted by atomic mass is 32.2. The second-order valence-corrected chi connectivity index (χ2v) is 6.71. The van der Waals surface area contributed by atoms with Crippen molar-refractivity contribution in [1.29, 1.82) is 0 Å². The number of rotatable bonds is 3. The average Bonchev–Trinajstić information content (AvgIpc) is 2.16. The van der Waals surface area contributed by atoms with Crippen LogP contribution in [0.5, 0.6) is 5.88 Å². The Hall–Kier alpha value is -1.30. The zero-order valence-electron chi connectivity index (χ0n) is 9.81. The summed E-state index contributed by atoms with van der Waals surface area (Å²) in [4.78, 5) is 3.91. The summed E-state index contributed by atoms with van der Waals surface area (Å²) in [6, 6.07) is 3.25. The van der Waals surface area contributed by atoms with Gasteiger partial charge in [-0.3, -0.25) is 4.72 Å². The molecule has 0 bridgehead atoms. The Morgan fingerprint density at radius 2 is 2.00 bits per heavy atom. The molecule has 0 aliphatic rings. The molecule has 0 unspecified atom stereocenters.